The Morgan fingerprint density at radius 1 is 1.11 bits per heavy atom. The minimum atomic E-state index is -4.34. The summed E-state index contributed by atoms with van der Waals surface area (Å²) in [5.41, 5.74) is 6.05. The van der Waals surface area contributed by atoms with Crippen LogP contribution in [0, 0.1) is 6.92 Å². The van der Waals surface area contributed by atoms with Gasteiger partial charge in [0.1, 0.15) is 18.0 Å². The van der Waals surface area contributed by atoms with Crippen LogP contribution in [-0.2, 0) is 6.18 Å². The fourth-order valence-electron chi connectivity index (χ4n) is 1.47. The summed E-state index contributed by atoms with van der Waals surface area (Å²) in [6.07, 6.45) is -3.05. The topological polar surface area (TPSA) is 63.8 Å². The van der Waals surface area contributed by atoms with Gasteiger partial charge in [-0.15, -0.1) is 0 Å². The number of nitrogen functional groups attached to an aromatic ring is 1. The number of nitrogens with zero attached hydrogens (tertiary/aromatic N) is 2. The van der Waals surface area contributed by atoms with Gasteiger partial charge in [-0.3, -0.25) is 0 Å². The average molecular weight is 268 g/mol. The lowest BCUT2D eigenvalue weighted by atomic mass is 10.2. The third-order valence-corrected chi connectivity index (χ3v) is 2.60. The predicted molar refractivity (Wildman–Crippen MR) is 65.9 cm³/mol. The van der Waals surface area contributed by atoms with E-state index in [4.69, 9.17) is 5.73 Å². The fourth-order valence-corrected chi connectivity index (χ4v) is 1.47. The number of halogens is 3. The van der Waals surface area contributed by atoms with Crippen molar-refractivity contribution in [3.8, 4) is 0 Å². The molecule has 0 spiro atoms. The molecular weight excluding hydrogens is 257 g/mol. The Morgan fingerprint density at radius 3 is 2.32 bits per heavy atom. The number of hydrogen-bond acceptors (Lipinski definition) is 4. The van der Waals surface area contributed by atoms with E-state index < -0.39 is 11.7 Å². The lowest BCUT2D eigenvalue weighted by Gasteiger charge is -2.11. The van der Waals surface area contributed by atoms with E-state index in [1.54, 1.807) is 6.92 Å². The van der Waals surface area contributed by atoms with Gasteiger partial charge in [-0.2, -0.15) is 13.2 Å². The molecule has 3 N–H and O–H groups in total. The molecule has 0 fully saturated rings. The molecule has 0 amide bonds. The summed E-state index contributed by atoms with van der Waals surface area (Å²) in [7, 11) is 0. The van der Waals surface area contributed by atoms with Crippen molar-refractivity contribution in [2.75, 3.05) is 11.1 Å². The second-order valence-electron chi connectivity index (χ2n) is 3.93. The van der Waals surface area contributed by atoms with Gasteiger partial charge in [0.25, 0.3) is 0 Å². The van der Waals surface area contributed by atoms with Gasteiger partial charge in [0.15, 0.2) is 0 Å². The zero-order valence-electron chi connectivity index (χ0n) is 9.99. The minimum Gasteiger partial charge on any atom is -0.383 e. The van der Waals surface area contributed by atoms with E-state index in [9.17, 15) is 13.2 Å². The highest BCUT2D eigenvalue weighted by Crippen LogP contribution is 2.30. The van der Waals surface area contributed by atoms with E-state index in [2.05, 4.69) is 15.3 Å². The Hall–Kier alpha value is -2.31. The maximum atomic E-state index is 12.4. The lowest BCUT2D eigenvalue weighted by Crippen LogP contribution is -2.05. The summed E-state index contributed by atoms with van der Waals surface area (Å²) >= 11 is 0. The molecule has 7 heteroatoms. The molecule has 1 heterocycles. The van der Waals surface area contributed by atoms with Gasteiger partial charge < -0.3 is 11.1 Å². The molecule has 0 aliphatic carbocycles. The van der Waals surface area contributed by atoms with Gasteiger partial charge in [0, 0.05) is 11.3 Å². The summed E-state index contributed by atoms with van der Waals surface area (Å²) < 4.78 is 37.2. The first-order valence-electron chi connectivity index (χ1n) is 5.39. The predicted octanol–water partition coefficient (Wildman–Crippen LogP) is 3.13. The van der Waals surface area contributed by atoms with Crippen molar-refractivity contribution in [1.29, 1.82) is 0 Å². The maximum Gasteiger partial charge on any atom is 0.416 e. The van der Waals surface area contributed by atoms with Gasteiger partial charge in [-0.05, 0) is 31.2 Å². The van der Waals surface area contributed by atoms with Crippen LogP contribution in [0.3, 0.4) is 0 Å². The first kappa shape index (κ1) is 13.1. The first-order chi connectivity index (χ1) is 8.88. The van der Waals surface area contributed by atoms with Crippen LogP contribution >= 0.6 is 0 Å². The van der Waals surface area contributed by atoms with Crippen molar-refractivity contribution in [3.05, 3.63) is 41.7 Å². The van der Waals surface area contributed by atoms with Crippen LogP contribution in [0.5, 0.6) is 0 Å². The standard InChI is InChI=1S/C12H11F3N4/c1-7-10(16)17-6-18-11(7)19-9-4-2-8(3-5-9)12(13,14)15/h2-6H,1H3,(H3,16,17,18,19). The molecule has 0 unspecified atom stereocenters. The number of benzene rings is 1. The Kier molecular flexibility index (Phi) is 3.28. The van der Waals surface area contributed by atoms with E-state index in [0.29, 0.717) is 22.9 Å². The molecule has 100 valence electrons. The van der Waals surface area contributed by atoms with Gasteiger partial charge in [-0.25, -0.2) is 9.97 Å². The zero-order valence-corrected chi connectivity index (χ0v) is 9.99. The lowest BCUT2D eigenvalue weighted by molar-refractivity contribution is -0.137. The molecule has 1 aromatic heterocycles. The van der Waals surface area contributed by atoms with Crippen LogP contribution in [0.1, 0.15) is 11.1 Å². The van der Waals surface area contributed by atoms with Gasteiger partial charge in [-0.1, -0.05) is 0 Å². The minimum absolute atomic E-state index is 0.324. The monoisotopic (exact) mass is 268 g/mol. The summed E-state index contributed by atoms with van der Waals surface area (Å²) in [6.45, 7) is 1.72. The molecular formula is C12H11F3N4. The van der Waals surface area contributed by atoms with E-state index in [-0.39, 0.29) is 0 Å². The van der Waals surface area contributed by atoms with Crippen molar-refractivity contribution in [1.82, 2.24) is 9.97 Å². The molecule has 2 aromatic rings. The Balaban J connectivity index is 2.23. The van der Waals surface area contributed by atoms with Crippen molar-refractivity contribution in [2.45, 2.75) is 13.1 Å². The van der Waals surface area contributed by atoms with Crippen molar-refractivity contribution < 1.29 is 13.2 Å². The van der Waals surface area contributed by atoms with E-state index in [0.717, 1.165) is 12.1 Å². The number of anilines is 3. The largest absolute Gasteiger partial charge is 0.416 e. The number of hydrogen-bond donors (Lipinski definition) is 2. The number of rotatable bonds is 2. The summed E-state index contributed by atoms with van der Waals surface area (Å²) in [6, 6.07) is 4.67. The molecule has 4 nitrogen and oxygen atoms in total. The molecule has 2 rings (SSSR count). The van der Waals surface area contributed by atoms with Crippen LogP contribution in [-0.4, -0.2) is 9.97 Å². The van der Waals surface area contributed by atoms with Gasteiger partial charge in [0.2, 0.25) is 0 Å². The molecule has 0 radical (unpaired) electrons. The normalized spacial score (nSPS) is 11.4. The summed E-state index contributed by atoms with van der Waals surface area (Å²) in [5.74, 6) is 0.789. The molecule has 0 atom stereocenters. The van der Waals surface area contributed by atoms with E-state index in [1.807, 2.05) is 0 Å². The van der Waals surface area contributed by atoms with Crippen LogP contribution in [0.25, 0.3) is 0 Å². The van der Waals surface area contributed by atoms with Crippen molar-refractivity contribution >= 4 is 17.3 Å². The number of nitrogens with two attached hydrogens (primary N) is 1. The van der Waals surface area contributed by atoms with Crippen LogP contribution in [0.15, 0.2) is 30.6 Å². The van der Waals surface area contributed by atoms with E-state index >= 15 is 0 Å². The Bertz CT molecular complexity index is 579. The fraction of sp³-hybridized carbons (Fsp3) is 0.167. The molecule has 0 saturated heterocycles. The highest BCUT2D eigenvalue weighted by molar-refractivity contribution is 5.63. The smallest absolute Gasteiger partial charge is 0.383 e. The molecule has 0 bridgehead atoms. The van der Waals surface area contributed by atoms with Crippen LogP contribution in [0.4, 0.5) is 30.5 Å². The van der Waals surface area contributed by atoms with Crippen molar-refractivity contribution in [2.24, 2.45) is 0 Å². The molecule has 0 aliphatic heterocycles. The van der Waals surface area contributed by atoms with Gasteiger partial charge in [0.05, 0.1) is 5.56 Å². The number of alkyl halides is 3. The Labute approximate surface area is 107 Å². The average Bonchev–Trinajstić information content (AvgIpc) is 2.35. The maximum absolute atomic E-state index is 12.4. The molecule has 0 aliphatic rings. The Morgan fingerprint density at radius 2 is 1.74 bits per heavy atom. The molecule has 1 aromatic carbocycles. The van der Waals surface area contributed by atoms with Crippen molar-refractivity contribution in [3.63, 3.8) is 0 Å². The molecule has 19 heavy (non-hydrogen) atoms. The SMILES string of the molecule is Cc1c(N)ncnc1Nc1ccc(C(F)(F)F)cc1. The second kappa shape index (κ2) is 4.75. The highest BCUT2D eigenvalue weighted by atomic mass is 19.4. The third-order valence-electron chi connectivity index (χ3n) is 2.60. The van der Waals surface area contributed by atoms with E-state index in [1.165, 1.54) is 18.5 Å². The number of nitrogens with one attached hydrogen (secondary N) is 1. The molecule has 0 saturated carbocycles. The van der Waals surface area contributed by atoms with Crippen LogP contribution in [0.2, 0.25) is 0 Å². The van der Waals surface area contributed by atoms with Crippen LogP contribution < -0.4 is 11.1 Å². The zero-order chi connectivity index (χ0) is 14.0. The summed E-state index contributed by atoms with van der Waals surface area (Å²) in [4.78, 5) is 7.79. The third kappa shape index (κ3) is 2.93. The quantitative estimate of drug-likeness (QED) is 0.878. The first-order valence-corrected chi connectivity index (χ1v) is 5.39. The highest BCUT2D eigenvalue weighted by Gasteiger charge is 2.29. The summed E-state index contributed by atoms with van der Waals surface area (Å²) in [5, 5.41) is 2.89. The number of aromatic nitrogens is 2. The van der Waals surface area contributed by atoms with Gasteiger partial charge >= 0.3 is 6.18 Å². The second-order valence-corrected chi connectivity index (χ2v) is 3.93.